The molecule has 1 saturated carbocycles. The molecule has 17 heavy (non-hydrogen) atoms. The molecule has 0 radical (unpaired) electrons. The maximum atomic E-state index is 12.4. The fraction of sp³-hybridized carbons (Fsp3) is 1.00. The van der Waals surface area contributed by atoms with Crippen molar-refractivity contribution in [3.63, 3.8) is 0 Å². The largest absolute Gasteiger partial charge is 0.327 e. The highest BCUT2D eigenvalue weighted by Crippen LogP contribution is 2.30. The molecule has 1 heterocycles. The van der Waals surface area contributed by atoms with Gasteiger partial charge in [0.25, 0.3) is 0 Å². The zero-order chi connectivity index (χ0) is 12.5. The Bertz CT molecular complexity index is 350. The Morgan fingerprint density at radius 3 is 2.47 bits per heavy atom. The van der Waals surface area contributed by atoms with Crippen molar-refractivity contribution in [1.29, 1.82) is 0 Å². The summed E-state index contributed by atoms with van der Waals surface area (Å²) >= 11 is 0. The summed E-state index contributed by atoms with van der Waals surface area (Å²) < 4.78 is 26.6. The summed E-state index contributed by atoms with van der Waals surface area (Å²) in [7, 11) is -3.05. The van der Waals surface area contributed by atoms with E-state index >= 15 is 0 Å². The smallest absolute Gasteiger partial charge is 0.216 e. The molecule has 0 bridgehead atoms. The Kier molecular flexibility index (Phi) is 4.10. The fourth-order valence-electron chi connectivity index (χ4n) is 3.08. The van der Waals surface area contributed by atoms with Gasteiger partial charge in [-0.25, -0.2) is 12.7 Å². The van der Waals surface area contributed by atoms with Crippen LogP contribution >= 0.6 is 0 Å². The van der Waals surface area contributed by atoms with E-state index in [-0.39, 0.29) is 11.3 Å². The number of nitrogens with two attached hydrogens (primary N) is 1. The lowest BCUT2D eigenvalue weighted by Gasteiger charge is -2.36. The monoisotopic (exact) mass is 260 g/mol. The van der Waals surface area contributed by atoms with Crippen LogP contribution in [0.1, 0.15) is 45.4 Å². The number of nitrogens with zero attached hydrogens (tertiary/aromatic N) is 1. The first-order valence-corrected chi connectivity index (χ1v) is 8.30. The zero-order valence-corrected chi connectivity index (χ0v) is 11.5. The van der Waals surface area contributed by atoms with Gasteiger partial charge in [0, 0.05) is 19.1 Å². The van der Waals surface area contributed by atoms with E-state index in [1.165, 1.54) is 0 Å². The van der Waals surface area contributed by atoms with Crippen molar-refractivity contribution in [2.45, 2.75) is 56.7 Å². The van der Waals surface area contributed by atoms with Crippen LogP contribution in [0.3, 0.4) is 0 Å². The van der Waals surface area contributed by atoms with Gasteiger partial charge in [-0.15, -0.1) is 0 Å². The molecular weight excluding hydrogens is 236 g/mol. The Balaban J connectivity index is 2.06. The SMILES string of the molecule is CCC1CN(S(=O)(=O)C2CCCC2)CCC1N. The van der Waals surface area contributed by atoms with Gasteiger partial charge in [-0.05, 0) is 25.2 Å². The van der Waals surface area contributed by atoms with Gasteiger partial charge in [0.05, 0.1) is 5.25 Å². The third kappa shape index (κ3) is 2.66. The molecule has 2 unspecified atom stereocenters. The molecule has 0 aromatic rings. The van der Waals surface area contributed by atoms with Crippen molar-refractivity contribution in [3.05, 3.63) is 0 Å². The zero-order valence-electron chi connectivity index (χ0n) is 10.6. The average Bonchev–Trinajstić information content (AvgIpc) is 2.83. The number of hydrogen-bond donors (Lipinski definition) is 1. The number of hydrogen-bond acceptors (Lipinski definition) is 3. The lowest BCUT2D eigenvalue weighted by atomic mass is 9.92. The first kappa shape index (κ1) is 13.3. The molecular formula is C12H24N2O2S. The van der Waals surface area contributed by atoms with E-state index in [1.807, 2.05) is 0 Å². The Morgan fingerprint density at radius 1 is 1.24 bits per heavy atom. The number of sulfonamides is 1. The summed E-state index contributed by atoms with van der Waals surface area (Å²) in [5, 5.41) is -0.116. The molecule has 2 aliphatic rings. The molecule has 2 atom stereocenters. The maximum absolute atomic E-state index is 12.4. The Labute approximate surface area is 105 Å². The molecule has 0 aromatic heterocycles. The van der Waals surface area contributed by atoms with Crippen molar-refractivity contribution in [1.82, 2.24) is 4.31 Å². The highest BCUT2D eigenvalue weighted by molar-refractivity contribution is 7.89. The van der Waals surface area contributed by atoms with Gasteiger partial charge in [0.15, 0.2) is 0 Å². The van der Waals surface area contributed by atoms with E-state index in [2.05, 4.69) is 6.92 Å². The summed E-state index contributed by atoms with van der Waals surface area (Å²) in [4.78, 5) is 0. The Morgan fingerprint density at radius 2 is 1.88 bits per heavy atom. The molecule has 1 aliphatic carbocycles. The van der Waals surface area contributed by atoms with Crippen molar-refractivity contribution in [2.24, 2.45) is 11.7 Å². The molecule has 0 aromatic carbocycles. The molecule has 2 rings (SSSR count). The summed E-state index contributed by atoms with van der Waals surface area (Å²) in [5.41, 5.74) is 6.03. The van der Waals surface area contributed by atoms with E-state index < -0.39 is 10.0 Å². The van der Waals surface area contributed by atoms with Crippen molar-refractivity contribution in [3.8, 4) is 0 Å². The van der Waals surface area contributed by atoms with Crippen LogP contribution in [-0.2, 0) is 10.0 Å². The maximum Gasteiger partial charge on any atom is 0.216 e. The third-order valence-electron chi connectivity index (χ3n) is 4.36. The summed E-state index contributed by atoms with van der Waals surface area (Å²) in [5.74, 6) is 0.333. The average molecular weight is 260 g/mol. The molecule has 1 aliphatic heterocycles. The van der Waals surface area contributed by atoms with Crippen LogP contribution in [0.2, 0.25) is 0 Å². The van der Waals surface area contributed by atoms with Crippen LogP contribution in [0.5, 0.6) is 0 Å². The minimum Gasteiger partial charge on any atom is -0.327 e. The molecule has 1 saturated heterocycles. The van der Waals surface area contributed by atoms with E-state index in [9.17, 15) is 8.42 Å². The molecule has 0 amide bonds. The van der Waals surface area contributed by atoms with E-state index in [1.54, 1.807) is 4.31 Å². The van der Waals surface area contributed by atoms with Crippen molar-refractivity contribution < 1.29 is 8.42 Å². The molecule has 0 spiro atoms. The van der Waals surface area contributed by atoms with E-state index in [4.69, 9.17) is 5.73 Å². The van der Waals surface area contributed by atoms with Gasteiger partial charge in [-0.3, -0.25) is 0 Å². The standard InChI is InChI=1S/C12H24N2O2S/c1-2-10-9-14(8-7-12(10)13)17(15,16)11-5-3-4-6-11/h10-12H,2-9,13H2,1H3. The van der Waals surface area contributed by atoms with Crippen LogP contribution in [-0.4, -0.2) is 37.1 Å². The van der Waals surface area contributed by atoms with Gasteiger partial charge in [0.2, 0.25) is 10.0 Å². The minimum absolute atomic E-state index is 0.116. The van der Waals surface area contributed by atoms with Crippen LogP contribution in [0.15, 0.2) is 0 Å². The van der Waals surface area contributed by atoms with E-state index in [0.29, 0.717) is 19.0 Å². The number of piperidine rings is 1. The van der Waals surface area contributed by atoms with Crippen molar-refractivity contribution >= 4 is 10.0 Å². The number of rotatable bonds is 3. The predicted octanol–water partition coefficient (Wildman–Crippen LogP) is 1.32. The molecule has 2 fully saturated rings. The first-order valence-electron chi connectivity index (χ1n) is 6.80. The summed E-state index contributed by atoms with van der Waals surface area (Å²) in [6.45, 7) is 3.35. The van der Waals surface area contributed by atoms with Crippen LogP contribution in [0.4, 0.5) is 0 Å². The van der Waals surface area contributed by atoms with Crippen LogP contribution in [0, 0.1) is 5.92 Å². The predicted molar refractivity (Wildman–Crippen MR) is 69.1 cm³/mol. The third-order valence-corrected chi connectivity index (χ3v) is 6.73. The second-order valence-electron chi connectivity index (χ2n) is 5.43. The van der Waals surface area contributed by atoms with Gasteiger partial charge in [0.1, 0.15) is 0 Å². The molecule has 4 nitrogen and oxygen atoms in total. The minimum atomic E-state index is -3.05. The Hall–Kier alpha value is -0.130. The fourth-order valence-corrected chi connectivity index (χ4v) is 5.19. The molecule has 5 heteroatoms. The van der Waals surface area contributed by atoms with Crippen LogP contribution < -0.4 is 5.73 Å². The van der Waals surface area contributed by atoms with Gasteiger partial charge in [-0.2, -0.15) is 0 Å². The second-order valence-corrected chi connectivity index (χ2v) is 7.64. The van der Waals surface area contributed by atoms with Gasteiger partial charge >= 0.3 is 0 Å². The second kappa shape index (κ2) is 5.24. The van der Waals surface area contributed by atoms with Gasteiger partial charge in [-0.1, -0.05) is 26.2 Å². The summed E-state index contributed by atoms with van der Waals surface area (Å²) in [6, 6.07) is 0.176. The van der Waals surface area contributed by atoms with Crippen molar-refractivity contribution in [2.75, 3.05) is 13.1 Å². The molecule has 2 N–H and O–H groups in total. The topological polar surface area (TPSA) is 63.4 Å². The normalized spacial score (nSPS) is 33.1. The lowest BCUT2D eigenvalue weighted by Crippen LogP contribution is -2.50. The first-order chi connectivity index (χ1) is 8.05. The van der Waals surface area contributed by atoms with Crippen LogP contribution in [0.25, 0.3) is 0 Å². The molecule has 100 valence electrons. The lowest BCUT2D eigenvalue weighted by molar-refractivity contribution is 0.229. The van der Waals surface area contributed by atoms with Gasteiger partial charge < -0.3 is 5.73 Å². The van der Waals surface area contributed by atoms with E-state index in [0.717, 1.165) is 38.5 Å². The highest BCUT2D eigenvalue weighted by Gasteiger charge is 2.38. The highest BCUT2D eigenvalue weighted by atomic mass is 32.2. The summed E-state index contributed by atoms with van der Waals surface area (Å²) in [6.07, 6.45) is 5.61. The quantitative estimate of drug-likeness (QED) is 0.832.